The number of benzene rings is 1. The van der Waals surface area contributed by atoms with E-state index in [2.05, 4.69) is 25.6 Å². The van der Waals surface area contributed by atoms with E-state index in [0.29, 0.717) is 12.5 Å². The topological polar surface area (TPSA) is 26.0 Å². The lowest BCUT2D eigenvalue weighted by Crippen LogP contribution is -2.43. The van der Waals surface area contributed by atoms with Gasteiger partial charge in [0.15, 0.2) is 0 Å². The SMILES string of the molecule is C=Cc1cc([C@]2(CN)CCCC[C@H]2C)ccc1Cl. The third-order valence-electron chi connectivity index (χ3n) is 4.61. The number of nitrogens with two attached hydrogens (primary N) is 1. The van der Waals surface area contributed by atoms with Crippen molar-refractivity contribution < 1.29 is 0 Å². The largest absolute Gasteiger partial charge is 0.330 e. The van der Waals surface area contributed by atoms with E-state index < -0.39 is 0 Å². The monoisotopic (exact) mass is 263 g/mol. The van der Waals surface area contributed by atoms with Crippen LogP contribution in [0.4, 0.5) is 0 Å². The van der Waals surface area contributed by atoms with Crippen LogP contribution in [0.1, 0.15) is 43.7 Å². The van der Waals surface area contributed by atoms with Crippen molar-refractivity contribution >= 4 is 17.7 Å². The molecule has 0 radical (unpaired) electrons. The first kappa shape index (κ1) is 13.6. The highest BCUT2D eigenvalue weighted by atomic mass is 35.5. The molecule has 1 fully saturated rings. The van der Waals surface area contributed by atoms with E-state index in [1.165, 1.54) is 31.2 Å². The molecule has 0 bridgehead atoms. The summed E-state index contributed by atoms with van der Waals surface area (Å²) in [5.41, 5.74) is 8.60. The smallest absolute Gasteiger partial charge is 0.0478 e. The van der Waals surface area contributed by atoms with Crippen LogP contribution in [0.2, 0.25) is 5.02 Å². The van der Waals surface area contributed by atoms with Crippen molar-refractivity contribution in [2.45, 2.75) is 38.0 Å². The van der Waals surface area contributed by atoms with Gasteiger partial charge in [0.25, 0.3) is 0 Å². The third-order valence-corrected chi connectivity index (χ3v) is 4.95. The summed E-state index contributed by atoms with van der Waals surface area (Å²) in [6.45, 7) is 6.87. The Kier molecular flexibility index (Phi) is 4.14. The van der Waals surface area contributed by atoms with Gasteiger partial charge < -0.3 is 5.73 Å². The Balaban J connectivity index is 2.46. The lowest BCUT2D eigenvalue weighted by Gasteiger charge is -2.42. The molecule has 2 atom stereocenters. The first-order valence-corrected chi connectivity index (χ1v) is 7.14. The highest BCUT2D eigenvalue weighted by molar-refractivity contribution is 6.32. The molecule has 2 N–H and O–H groups in total. The average molecular weight is 264 g/mol. The van der Waals surface area contributed by atoms with Crippen LogP contribution in [0.5, 0.6) is 0 Å². The van der Waals surface area contributed by atoms with Crippen molar-refractivity contribution in [1.82, 2.24) is 0 Å². The molecule has 1 aromatic carbocycles. The maximum atomic E-state index is 6.16. The van der Waals surface area contributed by atoms with Gasteiger partial charge in [0.05, 0.1) is 0 Å². The zero-order valence-corrected chi connectivity index (χ0v) is 11.8. The second kappa shape index (κ2) is 5.46. The summed E-state index contributed by atoms with van der Waals surface area (Å²) in [5.74, 6) is 0.634. The van der Waals surface area contributed by atoms with Gasteiger partial charge in [0.1, 0.15) is 0 Å². The van der Waals surface area contributed by atoms with Gasteiger partial charge in [0.2, 0.25) is 0 Å². The fourth-order valence-corrected chi connectivity index (χ4v) is 3.47. The van der Waals surface area contributed by atoms with Gasteiger partial charge in [-0.2, -0.15) is 0 Å². The highest BCUT2D eigenvalue weighted by Gasteiger charge is 2.38. The summed E-state index contributed by atoms with van der Waals surface area (Å²) in [4.78, 5) is 0. The zero-order chi connectivity index (χ0) is 13.2. The summed E-state index contributed by atoms with van der Waals surface area (Å²) < 4.78 is 0. The molecule has 1 saturated carbocycles. The molecule has 18 heavy (non-hydrogen) atoms. The molecule has 0 amide bonds. The summed E-state index contributed by atoms with van der Waals surface area (Å²) >= 11 is 6.16. The third kappa shape index (κ3) is 2.22. The number of halogens is 1. The number of hydrogen-bond acceptors (Lipinski definition) is 1. The van der Waals surface area contributed by atoms with Gasteiger partial charge in [-0.25, -0.2) is 0 Å². The fraction of sp³-hybridized carbons (Fsp3) is 0.500. The molecule has 1 nitrogen and oxygen atoms in total. The van der Waals surface area contributed by atoms with Crippen LogP contribution in [-0.4, -0.2) is 6.54 Å². The van der Waals surface area contributed by atoms with E-state index in [9.17, 15) is 0 Å². The molecule has 1 aromatic rings. The predicted molar refractivity (Wildman–Crippen MR) is 79.9 cm³/mol. The zero-order valence-electron chi connectivity index (χ0n) is 11.1. The molecular weight excluding hydrogens is 242 g/mol. The van der Waals surface area contributed by atoms with E-state index in [1.54, 1.807) is 0 Å². The lowest BCUT2D eigenvalue weighted by molar-refractivity contribution is 0.207. The van der Waals surface area contributed by atoms with Gasteiger partial charge in [-0.05, 0) is 42.0 Å². The van der Waals surface area contributed by atoms with Crippen molar-refractivity contribution in [1.29, 1.82) is 0 Å². The van der Waals surface area contributed by atoms with Crippen molar-refractivity contribution in [3.05, 3.63) is 40.9 Å². The van der Waals surface area contributed by atoms with Crippen LogP contribution in [0.3, 0.4) is 0 Å². The van der Waals surface area contributed by atoms with Gasteiger partial charge >= 0.3 is 0 Å². The highest BCUT2D eigenvalue weighted by Crippen LogP contribution is 2.43. The summed E-state index contributed by atoms with van der Waals surface area (Å²) in [5, 5.41) is 0.768. The summed E-state index contributed by atoms with van der Waals surface area (Å²) in [6.07, 6.45) is 6.87. The first-order chi connectivity index (χ1) is 8.64. The second-order valence-corrected chi connectivity index (χ2v) is 5.85. The summed E-state index contributed by atoms with van der Waals surface area (Å²) in [6, 6.07) is 6.29. The maximum absolute atomic E-state index is 6.16. The van der Waals surface area contributed by atoms with Crippen LogP contribution in [-0.2, 0) is 5.41 Å². The molecule has 1 aliphatic rings. The minimum atomic E-state index is 0.126. The lowest BCUT2D eigenvalue weighted by atomic mass is 9.63. The number of hydrogen-bond donors (Lipinski definition) is 1. The molecule has 2 heteroatoms. The Hall–Kier alpha value is -0.790. The fourth-order valence-electron chi connectivity index (χ4n) is 3.27. The van der Waals surface area contributed by atoms with Crippen LogP contribution < -0.4 is 5.73 Å². The van der Waals surface area contributed by atoms with Gasteiger partial charge in [-0.15, -0.1) is 0 Å². The molecule has 0 aliphatic heterocycles. The predicted octanol–water partition coefficient (Wildman–Crippen LogP) is 4.39. The Morgan fingerprint density at radius 2 is 2.28 bits per heavy atom. The van der Waals surface area contributed by atoms with E-state index in [0.717, 1.165) is 10.6 Å². The molecule has 0 spiro atoms. The molecule has 0 heterocycles. The molecular formula is C16H22ClN. The van der Waals surface area contributed by atoms with Crippen LogP contribution in [0.25, 0.3) is 6.08 Å². The molecule has 1 aliphatic carbocycles. The molecule has 2 rings (SSSR count). The van der Waals surface area contributed by atoms with E-state index in [-0.39, 0.29) is 5.41 Å². The van der Waals surface area contributed by atoms with Crippen LogP contribution in [0, 0.1) is 5.92 Å². The van der Waals surface area contributed by atoms with Gasteiger partial charge in [-0.3, -0.25) is 0 Å². The Bertz CT molecular complexity index is 441. The normalized spacial score (nSPS) is 28.1. The van der Waals surface area contributed by atoms with E-state index in [1.807, 2.05) is 12.1 Å². The molecule has 0 saturated heterocycles. The van der Waals surface area contributed by atoms with Crippen molar-refractivity contribution in [2.75, 3.05) is 6.54 Å². The van der Waals surface area contributed by atoms with E-state index >= 15 is 0 Å². The molecule has 98 valence electrons. The van der Waals surface area contributed by atoms with Crippen LogP contribution in [0.15, 0.2) is 24.8 Å². The molecule has 0 aromatic heterocycles. The first-order valence-electron chi connectivity index (χ1n) is 6.76. The second-order valence-electron chi connectivity index (χ2n) is 5.45. The van der Waals surface area contributed by atoms with Gasteiger partial charge in [0, 0.05) is 17.0 Å². The Morgan fingerprint density at radius 3 is 2.89 bits per heavy atom. The van der Waals surface area contributed by atoms with Gasteiger partial charge in [-0.1, -0.05) is 50.1 Å². The summed E-state index contributed by atoms with van der Waals surface area (Å²) in [7, 11) is 0. The maximum Gasteiger partial charge on any atom is 0.0478 e. The average Bonchev–Trinajstić information content (AvgIpc) is 2.40. The Labute approximate surface area is 115 Å². The number of rotatable bonds is 3. The minimum Gasteiger partial charge on any atom is -0.330 e. The Morgan fingerprint density at radius 1 is 1.50 bits per heavy atom. The van der Waals surface area contributed by atoms with Crippen molar-refractivity contribution in [3.63, 3.8) is 0 Å². The van der Waals surface area contributed by atoms with E-state index in [4.69, 9.17) is 17.3 Å². The minimum absolute atomic E-state index is 0.126. The van der Waals surface area contributed by atoms with Crippen molar-refractivity contribution in [2.24, 2.45) is 11.7 Å². The standard InChI is InChI=1S/C16H22ClN/c1-3-13-10-14(7-8-15(13)17)16(11-18)9-5-4-6-12(16)2/h3,7-8,10,12H,1,4-6,9,11,18H2,2H3/t12-,16+/m1/s1. The molecule has 0 unspecified atom stereocenters. The van der Waals surface area contributed by atoms with Crippen molar-refractivity contribution in [3.8, 4) is 0 Å². The quantitative estimate of drug-likeness (QED) is 0.860. The van der Waals surface area contributed by atoms with Crippen LogP contribution >= 0.6 is 11.6 Å².